The smallest absolute Gasteiger partial charge is 0.237 e. The molecule has 132 valence electrons. The average Bonchev–Trinajstić information content (AvgIpc) is 2.60. The molecule has 1 aromatic carbocycles. The van der Waals surface area contributed by atoms with Crippen LogP contribution in [0.1, 0.15) is 19.3 Å². The van der Waals surface area contributed by atoms with Crippen molar-refractivity contribution < 1.29 is 9.59 Å². The van der Waals surface area contributed by atoms with Crippen LogP contribution < -0.4 is 10.2 Å². The fraction of sp³-hybridized carbons (Fsp3) is 0.529. The minimum Gasteiger partial charge on any atom is -0.341 e. The number of piperidine rings is 1. The summed E-state index contributed by atoms with van der Waals surface area (Å²) in [4.78, 5) is 29.5. The number of fused-ring (bicyclic) bond motifs is 1. The molecule has 1 unspecified atom stereocenters. The van der Waals surface area contributed by atoms with Gasteiger partial charge in [-0.25, -0.2) is 0 Å². The molecule has 7 heteroatoms. The lowest BCUT2D eigenvalue weighted by Crippen LogP contribution is -2.48. The maximum Gasteiger partial charge on any atom is 0.237 e. The quantitative estimate of drug-likeness (QED) is 0.883. The number of hydrogen-bond acceptors (Lipinski definition) is 4. The molecule has 2 aliphatic rings. The molecule has 2 heterocycles. The molecule has 24 heavy (non-hydrogen) atoms. The number of carbonyl (C=O) groups excluding carboxylic acids is 2. The zero-order chi connectivity index (χ0) is 16.2. The third kappa shape index (κ3) is 4.23. The number of nitrogens with one attached hydrogen (secondary N) is 1. The summed E-state index contributed by atoms with van der Waals surface area (Å²) in [5.74, 6) is 0.693. The van der Waals surface area contributed by atoms with Crippen LogP contribution in [0.25, 0.3) is 0 Å². The van der Waals surface area contributed by atoms with Gasteiger partial charge in [-0.05, 0) is 32.0 Å². The van der Waals surface area contributed by atoms with Crippen LogP contribution in [0, 0.1) is 0 Å². The van der Waals surface area contributed by atoms with Crippen molar-refractivity contribution in [2.45, 2.75) is 30.2 Å². The second-order valence-corrected chi connectivity index (χ2v) is 7.04. The highest BCUT2D eigenvalue weighted by Gasteiger charge is 2.27. The van der Waals surface area contributed by atoms with Crippen LogP contribution in [-0.4, -0.2) is 55.2 Å². The predicted molar refractivity (Wildman–Crippen MR) is 100 cm³/mol. The van der Waals surface area contributed by atoms with E-state index in [9.17, 15) is 9.59 Å². The largest absolute Gasteiger partial charge is 0.341 e. The van der Waals surface area contributed by atoms with Crippen molar-refractivity contribution in [3.8, 4) is 0 Å². The number of amides is 2. The highest BCUT2D eigenvalue weighted by Crippen LogP contribution is 2.34. The van der Waals surface area contributed by atoms with Crippen LogP contribution in [0.5, 0.6) is 0 Å². The van der Waals surface area contributed by atoms with Crippen LogP contribution in [0.3, 0.4) is 0 Å². The molecule has 0 bridgehead atoms. The summed E-state index contributed by atoms with van der Waals surface area (Å²) in [7, 11) is 1.94. The number of likely N-dealkylation sites (tertiary alicyclic amines) is 1. The molecule has 2 aliphatic heterocycles. The number of carbonyl (C=O) groups is 2. The standard InChI is InChI=1S/C17H23N3O2S.ClH/c1-18-13-5-4-9-19(11-13)16(21)8-10-20-14-6-2-3-7-15(14)23-12-17(20)22;/h2-3,6-7,13,18H,4-5,8-12H2,1H3;1H. The summed E-state index contributed by atoms with van der Waals surface area (Å²) in [6, 6.07) is 8.30. The summed E-state index contributed by atoms with van der Waals surface area (Å²) in [5.41, 5.74) is 0.938. The number of halogens is 1. The molecule has 0 radical (unpaired) electrons. The number of anilines is 1. The summed E-state index contributed by atoms with van der Waals surface area (Å²) in [6.45, 7) is 2.07. The van der Waals surface area contributed by atoms with Gasteiger partial charge in [0.1, 0.15) is 0 Å². The highest BCUT2D eigenvalue weighted by molar-refractivity contribution is 8.00. The first kappa shape index (κ1) is 19.1. The number of rotatable bonds is 4. The molecule has 1 saturated heterocycles. The van der Waals surface area contributed by atoms with Crippen molar-refractivity contribution in [1.29, 1.82) is 0 Å². The Bertz CT molecular complexity index is 599. The average molecular weight is 370 g/mol. The van der Waals surface area contributed by atoms with Crippen molar-refractivity contribution in [2.24, 2.45) is 0 Å². The molecule has 5 nitrogen and oxygen atoms in total. The van der Waals surface area contributed by atoms with Crippen LogP contribution in [0.4, 0.5) is 5.69 Å². The molecular weight excluding hydrogens is 346 g/mol. The van der Waals surface area contributed by atoms with Gasteiger partial charge in [-0.1, -0.05) is 12.1 Å². The Morgan fingerprint density at radius 1 is 1.38 bits per heavy atom. The van der Waals surface area contributed by atoms with E-state index in [0.29, 0.717) is 24.8 Å². The van der Waals surface area contributed by atoms with E-state index >= 15 is 0 Å². The Kier molecular flexibility index (Phi) is 6.95. The molecule has 1 fully saturated rings. The minimum atomic E-state index is 0. The normalized spacial score (nSPS) is 20.4. The maximum absolute atomic E-state index is 12.5. The Morgan fingerprint density at radius 2 is 2.17 bits per heavy atom. The number of likely N-dealkylation sites (N-methyl/N-ethyl adjacent to an activating group) is 1. The lowest BCUT2D eigenvalue weighted by Gasteiger charge is -2.34. The topological polar surface area (TPSA) is 52.7 Å². The fourth-order valence-electron chi connectivity index (χ4n) is 3.20. The van der Waals surface area contributed by atoms with E-state index in [1.807, 2.05) is 36.2 Å². The molecule has 0 aromatic heterocycles. The van der Waals surface area contributed by atoms with Crippen molar-refractivity contribution in [3.63, 3.8) is 0 Å². The molecule has 0 spiro atoms. The first-order valence-electron chi connectivity index (χ1n) is 8.16. The zero-order valence-electron chi connectivity index (χ0n) is 13.9. The van der Waals surface area contributed by atoms with Gasteiger partial charge < -0.3 is 15.1 Å². The third-order valence-electron chi connectivity index (χ3n) is 4.54. The Hall–Kier alpha value is -1.24. The minimum absolute atomic E-state index is 0. The number of nitrogens with zero attached hydrogens (tertiary/aromatic N) is 2. The number of benzene rings is 1. The van der Waals surface area contributed by atoms with Crippen molar-refractivity contribution in [1.82, 2.24) is 10.2 Å². The lowest BCUT2D eigenvalue weighted by atomic mass is 10.1. The molecular formula is C17H24ClN3O2S. The van der Waals surface area contributed by atoms with Crippen molar-refractivity contribution in [2.75, 3.05) is 37.3 Å². The number of hydrogen-bond donors (Lipinski definition) is 1. The van der Waals surface area contributed by atoms with Crippen molar-refractivity contribution in [3.05, 3.63) is 24.3 Å². The Morgan fingerprint density at radius 3 is 2.96 bits per heavy atom. The van der Waals surface area contributed by atoms with Gasteiger partial charge in [-0.15, -0.1) is 24.2 Å². The monoisotopic (exact) mass is 369 g/mol. The van der Waals surface area contributed by atoms with Gasteiger partial charge in [-0.3, -0.25) is 9.59 Å². The van der Waals surface area contributed by atoms with E-state index in [1.165, 1.54) is 0 Å². The van der Waals surface area contributed by atoms with Crippen molar-refractivity contribution >= 4 is 41.7 Å². The van der Waals surface area contributed by atoms with E-state index in [0.717, 1.165) is 36.5 Å². The number of para-hydroxylation sites is 1. The van der Waals surface area contributed by atoms with Crippen LogP contribution in [-0.2, 0) is 9.59 Å². The molecule has 1 aromatic rings. The van der Waals surface area contributed by atoms with E-state index < -0.39 is 0 Å². The van der Waals surface area contributed by atoms with Gasteiger partial charge in [0.25, 0.3) is 0 Å². The molecule has 3 rings (SSSR count). The van der Waals surface area contributed by atoms with Crippen LogP contribution in [0.2, 0.25) is 0 Å². The van der Waals surface area contributed by atoms with E-state index in [4.69, 9.17) is 0 Å². The lowest BCUT2D eigenvalue weighted by molar-refractivity contribution is -0.132. The number of thioether (sulfide) groups is 1. The second-order valence-electron chi connectivity index (χ2n) is 6.02. The summed E-state index contributed by atoms with van der Waals surface area (Å²) >= 11 is 1.57. The fourth-order valence-corrected chi connectivity index (χ4v) is 4.14. The first-order valence-corrected chi connectivity index (χ1v) is 9.15. The Balaban J connectivity index is 0.00000208. The van der Waals surface area contributed by atoms with E-state index in [-0.39, 0.29) is 24.2 Å². The van der Waals surface area contributed by atoms with Gasteiger partial charge in [0, 0.05) is 37.0 Å². The summed E-state index contributed by atoms with van der Waals surface area (Å²) in [6.07, 6.45) is 2.55. The van der Waals surface area contributed by atoms with Gasteiger partial charge in [0.2, 0.25) is 11.8 Å². The second kappa shape index (κ2) is 8.74. The summed E-state index contributed by atoms with van der Waals surface area (Å²) < 4.78 is 0. The van der Waals surface area contributed by atoms with Gasteiger partial charge in [-0.2, -0.15) is 0 Å². The van der Waals surface area contributed by atoms with Crippen LogP contribution >= 0.6 is 24.2 Å². The molecule has 1 atom stereocenters. The molecule has 2 amide bonds. The van der Waals surface area contributed by atoms with E-state index in [2.05, 4.69) is 5.32 Å². The third-order valence-corrected chi connectivity index (χ3v) is 5.59. The molecule has 0 saturated carbocycles. The first-order chi connectivity index (χ1) is 11.2. The highest BCUT2D eigenvalue weighted by atomic mass is 35.5. The van der Waals surface area contributed by atoms with E-state index in [1.54, 1.807) is 16.7 Å². The van der Waals surface area contributed by atoms with Crippen LogP contribution in [0.15, 0.2) is 29.2 Å². The maximum atomic E-state index is 12.5. The zero-order valence-corrected chi connectivity index (χ0v) is 15.5. The molecule has 0 aliphatic carbocycles. The Labute approximate surface area is 153 Å². The SMILES string of the molecule is CNC1CCCN(C(=O)CCN2C(=O)CSc3ccccc32)C1.Cl. The molecule has 1 N–H and O–H groups in total. The van der Waals surface area contributed by atoms with Gasteiger partial charge >= 0.3 is 0 Å². The predicted octanol–water partition coefficient (Wildman–Crippen LogP) is 2.15. The van der Waals surface area contributed by atoms with Gasteiger partial charge in [0.15, 0.2) is 0 Å². The van der Waals surface area contributed by atoms with Gasteiger partial charge in [0.05, 0.1) is 11.4 Å². The summed E-state index contributed by atoms with van der Waals surface area (Å²) in [5, 5.41) is 3.25.